The summed E-state index contributed by atoms with van der Waals surface area (Å²) in [7, 11) is 1.61. The molecule has 7 nitrogen and oxygen atoms in total. The zero-order valence-electron chi connectivity index (χ0n) is 13.9. The summed E-state index contributed by atoms with van der Waals surface area (Å²) in [5, 5.41) is 3.48. The summed E-state index contributed by atoms with van der Waals surface area (Å²) >= 11 is 0. The Bertz CT molecular complexity index is 1110. The number of fused-ring (bicyclic) bond motifs is 1. The summed E-state index contributed by atoms with van der Waals surface area (Å²) in [6.07, 6.45) is 3.30. The molecule has 4 aromatic rings. The van der Waals surface area contributed by atoms with Crippen LogP contribution in [-0.2, 0) is 0 Å². The zero-order valence-corrected chi connectivity index (χ0v) is 13.9. The molecule has 0 aliphatic rings. The summed E-state index contributed by atoms with van der Waals surface area (Å²) in [6, 6.07) is 14.6. The lowest BCUT2D eigenvalue weighted by molar-refractivity contribution is 0.415. The number of ether oxygens (including phenoxy) is 1. The minimum Gasteiger partial charge on any atom is -0.497 e. The van der Waals surface area contributed by atoms with Crippen LogP contribution in [0.25, 0.3) is 22.3 Å². The van der Waals surface area contributed by atoms with Gasteiger partial charge in [0.15, 0.2) is 5.65 Å². The molecule has 0 amide bonds. The van der Waals surface area contributed by atoms with Crippen LogP contribution in [0.4, 0.5) is 11.6 Å². The topological polar surface area (TPSA) is 92.8 Å². The van der Waals surface area contributed by atoms with E-state index in [0.29, 0.717) is 28.2 Å². The Morgan fingerprint density at radius 1 is 1.00 bits per heavy atom. The van der Waals surface area contributed by atoms with Crippen molar-refractivity contribution in [2.75, 3.05) is 12.4 Å². The largest absolute Gasteiger partial charge is 0.497 e. The van der Waals surface area contributed by atoms with Crippen LogP contribution in [0.5, 0.6) is 5.75 Å². The first-order valence-corrected chi connectivity index (χ1v) is 7.96. The van der Waals surface area contributed by atoms with Gasteiger partial charge in [-0.2, -0.15) is 4.98 Å². The van der Waals surface area contributed by atoms with Crippen molar-refractivity contribution in [1.82, 2.24) is 19.9 Å². The second-order valence-electron chi connectivity index (χ2n) is 5.54. The molecule has 0 aliphatic heterocycles. The van der Waals surface area contributed by atoms with Gasteiger partial charge in [0.25, 0.3) is 5.56 Å². The molecule has 0 atom stereocenters. The van der Waals surface area contributed by atoms with Crippen LogP contribution in [0.3, 0.4) is 0 Å². The number of hydrogen-bond acceptors (Lipinski definition) is 6. The number of anilines is 2. The van der Waals surface area contributed by atoms with Crippen molar-refractivity contribution in [3.8, 4) is 17.0 Å². The highest BCUT2D eigenvalue weighted by Gasteiger charge is 2.12. The van der Waals surface area contributed by atoms with E-state index in [9.17, 15) is 4.79 Å². The predicted molar refractivity (Wildman–Crippen MR) is 99.7 cm³/mol. The predicted octanol–water partition coefficient (Wildman–Crippen LogP) is 3.13. The molecule has 3 aromatic heterocycles. The zero-order chi connectivity index (χ0) is 17.9. The van der Waals surface area contributed by atoms with Gasteiger partial charge >= 0.3 is 0 Å². The first-order chi connectivity index (χ1) is 12.7. The molecule has 0 unspecified atom stereocenters. The molecule has 0 spiro atoms. The van der Waals surface area contributed by atoms with E-state index in [-0.39, 0.29) is 5.56 Å². The molecule has 4 rings (SSSR count). The van der Waals surface area contributed by atoms with Crippen molar-refractivity contribution < 1.29 is 4.74 Å². The first kappa shape index (κ1) is 15.8. The molecule has 0 fully saturated rings. The van der Waals surface area contributed by atoms with Gasteiger partial charge in [0.2, 0.25) is 5.95 Å². The Morgan fingerprint density at radius 3 is 2.58 bits per heavy atom. The third-order valence-corrected chi connectivity index (χ3v) is 3.90. The number of nitrogens with one attached hydrogen (secondary N) is 2. The number of nitrogens with zero attached hydrogens (tertiary/aromatic N) is 3. The second-order valence-corrected chi connectivity index (χ2v) is 5.54. The SMILES string of the molecule is COc1ccc(Nc2nc3nccc(-c4ccccn4)c3c(=O)[nH]2)cc1. The quantitative estimate of drug-likeness (QED) is 0.590. The fraction of sp³-hybridized carbons (Fsp3) is 0.0526. The average Bonchev–Trinajstić information content (AvgIpc) is 2.69. The van der Waals surface area contributed by atoms with Crippen LogP contribution in [0.1, 0.15) is 0 Å². The van der Waals surface area contributed by atoms with E-state index >= 15 is 0 Å². The van der Waals surface area contributed by atoms with Crippen molar-refractivity contribution in [3.05, 3.63) is 71.3 Å². The van der Waals surface area contributed by atoms with Gasteiger partial charge in [-0.05, 0) is 42.5 Å². The highest BCUT2D eigenvalue weighted by atomic mass is 16.5. The standard InChI is InChI=1S/C19H15N5O2/c1-26-13-7-5-12(6-8-13)22-19-23-17-16(18(25)24-19)14(9-11-21-17)15-4-2-3-10-20-15/h2-11H,1H3,(H2,21,22,23,24,25). The lowest BCUT2D eigenvalue weighted by Gasteiger charge is -2.08. The van der Waals surface area contributed by atoms with Crippen LogP contribution in [0.2, 0.25) is 0 Å². The highest BCUT2D eigenvalue weighted by Crippen LogP contribution is 2.23. The van der Waals surface area contributed by atoms with Crippen molar-refractivity contribution in [3.63, 3.8) is 0 Å². The highest BCUT2D eigenvalue weighted by molar-refractivity contribution is 5.91. The molecule has 2 N–H and O–H groups in total. The van der Waals surface area contributed by atoms with Gasteiger partial charge in [-0.25, -0.2) is 4.98 Å². The van der Waals surface area contributed by atoms with E-state index in [2.05, 4.69) is 25.3 Å². The van der Waals surface area contributed by atoms with E-state index in [0.717, 1.165) is 11.4 Å². The summed E-state index contributed by atoms with van der Waals surface area (Å²) in [6.45, 7) is 0. The molecule has 26 heavy (non-hydrogen) atoms. The van der Waals surface area contributed by atoms with Gasteiger partial charge in [0.1, 0.15) is 5.75 Å². The van der Waals surface area contributed by atoms with Crippen LogP contribution >= 0.6 is 0 Å². The molecule has 3 heterocycles. The second kappa shape index (κ2) is 6.64. The van der Waals surface area contributed by atoms with Gasteiger partial charge in [0, 0.05) is 23.6 Å². The lowest BCUT2D eigenvalue weighted by atomic mass is 10.1. The van der Waals surface area contributed by atoms with E-state index in [4.69, 9.17) is 4.74 Å². The maximum absolute atomic E-state index is 12.7. The molecule has 0 aliphatic carbocycles. The third-order valence-electron chi connectivity index (χ3n) is 3.90. The normalized spacial score (nSPS) is 10.7. The number of aromatic amines is 1. The van der Waals surface area contributed by atoms with Gasteiger partial charge in [-0.15, -0.1) is 0 Å². The van der Waals surface area contributed by atoms with Crippen LogP contribution in [0, 0.1) is 0 Å². The van der Waals surface area contributed by atoms with Gasteiger partial charge in [-0.3, -0.25) is 14.8 Å². The summed E-state index contributed by atoms with van der Waals surface area (Å²) in [4.78, 5) is 28.4. The van der Waals surface area contributed by atoms with Gasteiger partial charge in [-0.1, -0.05) is 6.07 Å². The molecular formula is C19H15N5O2. The monoisotopic (exact) mass is 345 g/mol. The molecule has 128 valence electrons. The molecule has 0 bridgehead atoms. The van der Waals surface area contributed by atoms with Gasteiger partial charge in [0.05, 0.1) is 18.2 Å². The molecular weight excluding hydrogens is 330 g/mol. The number of H-pyrrole nitrogens is 1. The summed E-state index contributed by atoms with van der Waals surface area (Å²) in [5.74, 6) is 1.07. The van der Waals surface area contributed by atoms with Crippen molar-refractivity contribution >= 4 is 22.7 Å². The Labute approximate surface area is 148 Å². The summed E-state index contributed by atoms with van der Waals surface area (Å²) < 4.78 is 5.13. The van der Waals surface area contributed by atoms with E-state index in [1.54, 1.807) is 25.6 Å². The number of aromatic nitrogens is 4. The van der Waals surface area contributed by atoms with Crippen molar-refractivity contribution in [1.29, 1.82) is 0 Å². The van der Waals surface area contributed by atoms with Crippen molar-refractivity contribution in [2.24, 2.45) is 0 Å². The number of pyridine rings is 2. The molecule has 0 saturated heterocycles. The maximum atomic E-state index is 12.7. The number of methoxy groups -OCH3 is 1. The molecule has 1 aromatic carbocycles. The van der Waals surface area contributed by atoms with Gasteiger partial charge < -0.3 is 10.1 Å². The Balaban J connectivity index is 1.76. The third kappa shape index (κ3) is 2.98. The minimum absolute atomic E-state index is 0.278. The smallest absolute Gasteiger partial charge is 0.262 e. The fourth-order valence-corrected chi connectivity index (χ4v) is 2.67. The Morgan fingerprint density at radius 2 is 1.85 bits per heavy atom. The minimum atomic E-state index is -0.278. The molecule has 0 saturated carbocycles. The van der Waals surface area contributed by atoms with Crippen LogP contribution in [0.15, 0.2) is 65.7 Å². The van der Waals surface area contributed by atoms with Crippen LogP contribution < -0.4 is 15.6 Å². The number of hydrogen-bond donors (Lipinski definition) is 2. The first-order valence-electron chi connectivity index (χ1n) is 7.96. The maximum Gasteiger partial charge on any atom is 0.262 e. The van der Waals surface area contributed by atoms with E-state index in [1.165, 1.54) is 0 Å². The van der Waals surface area contributed by atoms with Crippen molar-refractivity contribution in [2.45, 2.75) is 0 Å². The Kier molecular flexibility index (Phi) is 4.03. The average molecular weight is 345 g/mol. The molecule has 7 heteroatoms. The fourth-order valence-electron chi connectivity index (χ4n) is 2.67. The number of benzene rings is 1. The van der Waals surface area contributed by atoms with Crippen LogP contribution in [-0.4, -0.2) is 27.0 Å². The van der Waals surface area contributed by atoms with E-state index in [1.807, 2.05) is 42.5 Å². The number of rotatable bonds is 4. The molecule has 0 radical (unpaired) electrons. The Hall–Kier alpha value is -3.74. The van der Waals surface area contributed by atoms with E-state index < -0.39 is 0 Å². The summed E-state index contributed by atoms with van der Waals surface area (Å²) in [5.41, 5.74) is 2.24. The lowest BCUT2D eigenvalue weighted by Crippen LogP contribution is -2.13.